The summed E-state index contributed by atoms with van der Waals surface area (Å²) in [5.74, 6) is 0.547. The van der Waals surface area contributed by atoms with Crippen molar-refractivity contribution in [1.82, 2.24) is 15.3 Å². The van der Waals surface area contributed by atoms with Crippen molar-refractivity contribution in [3.05, 3.63) is 77.7 Å². The predicted octanol–water partition coefficient (Wildman–Crippen LogP) is 2.29. The Bertz CT molecular complexity index is 1000. The van der Waals surface area contributed by atoms with Crippen molar-refractivity contribution in [1.29, 1.82) is 0 Å². The zero-order valence-corrected chi connectivity index (χ0v) is 17.3. The highest BCUT2D eigenvalue weighted by Crippen LogP contribution is 2.20. The second-order valence-corrected chi connectivity index (χ2v) is 7.36. The zero-order valence-electron chi connectivity index (χ0n) is 17.3. The van der Waals surface area contributed by atoms with Gasteiger partial charge in [-0.2, -0.15) is 0 Å². The summed E-state index contributed by atoms with van der Waals surface area (Å²) in [6.45, 7) is 3.55. The summed E-state index contributed by atoms with van der Waals surface area (Å²) in [6, 6.07) is 17.7. The summed E-state index contributed by atoms with van der Waals surface area (Å²) in [4.78, 5) is 23.4. The number of ether oxygens (including phenoxy) is 1. The van der Waals surface area contributed by atoms with Gasteiger partial charge in [0.1, 0.15) is 5.82 Å². The van der Waals surface area contributed by atoms with E-state index in [4.69, 9.17) is 14.8 Å². The van der Waals surface area contributed by atoms with Crippen molar-refractivity contribution in [2.24, 2.45) is 0 Å². The van der Waals surface area contributed by atoms with Gasteiger partial charge in [0, 0.05) is 49.1 Å². The minimum absolute atomic E-state index is 0.0799. The molecule has 0 radical (unpaired) electrons. The van der Waals surface area contributed by atoms with Gasteiger partial charge in [0.15, 0.2) is 0 Å². The number of benzene rings is 2. The van der Waals surface area contributed by atoms with Crippen molar-refractivity contribution in [3.8, 4) is 11.3 Å². The topological polar surface area (TPSA) is 87.6 Å². The fourth-order valence-electron chi connectivity index (χ4n) is 3.54. The molecule has 2 aromatic carbocycles. The molecule has 2 N–H and O–H groups in total. The Kier molecular flexibility index (Phi) is 6.86. The van der Waals surface area contributed by atoms with E-state index in [-0.39, 0.29) is 19.1 Å². The minimum atomic E-state index is -0.204. The lowest BCUT2D eigenvalue weighted by Crippen LogP contribution is -2.36. The molecule has 4 rings (SSSR count). The lowest BCUT2D eigenvalue weighted by molar-refractivity contribution is 0.0945. The van der Waals surface area contributed by atoms with Crippen molar-refractivity contribution in [2.75, 3.05) is 44.4 Å². The van der Waals surface area contributed by atoms with Crippen LogP contribution in [-0.2, 0) is 11.2 Å². The molecular formula is C24H26N4O3. The maximum absolute atomic E-state index is 12.0. The molecule has 31 heavy (non-hydrogen) atoms. The van der Waals surface area contributed by atoms with Crippen molar-refractivity contribution >= 4 is 11.6 Å². The van der Waals surface area contributed by atoms with Gasteiger partial charge in [-0.1, -0.05) is 24.3 Å². The van der Waals surface area contributed by atoms with Crippen molar-refractivity contribution in [2.45, 2.75) is 6.42 Å². The highest BCUT2D eigenvalue weighted by Gasteiger charge is 2.11. The Morgan fingerprint density at radius 3 is 2.48 bits per heavy atom. The Hall–Kier alpha value is -3.29. The molecule has 7 nitrogen and oxygen atoms in total. The summed E-state index contributed by atoms with van der Waals surface area (Å²) in [5.41, 5.74) is 4.66. The first-order chi connectivity index (χ1) is 15.2. The third-order valence-electron chi connectivity index (χ3n) is 5.22. The number of nitrogens with one attached hydrogen (secondary N) is 1. The van der Waals surface area contributed by atoms with Gasteiger partial charge in [-0.25, -0.2) is 9.97 Å². The SMILES string of the molecule is O=C(NCCO)c1ccc(-c2ccnc(Cc3ccc(N4CCOCC4)cc3)n2)cc1. The summed E-state index contributed by atoms with van der Waals surface area (Å²) in [7, 11) is 0. The molecule has 1 aromatic heterocycles. The summed E-state index contributed by atoms with van der Waals surface area (Å²) in [6.07, 6.45) is 2.42. The Morgan fingerprint density at radius 1 is 1.03 bits per heavy atom. The van der Waals surface area contributed by atoms with Crippen LogP contribution in [0, 0.1) is 0 Å². The second kappa shape index (κ2) is 10.1. The normalized spacial score (nSPS) is 13.8. The zero-order chi connectivity index (χ0) is 21.5. The molecule has 0 atom stereocenters. The van der Waals surface area contributed by atoms with E-state index in [1.807, 2.05) is 18.2 Å². The van der Waals surface area contributed by atoms with Gasteiger partial charge in [-0.05, 0) is 35.9 Å². The van der Waals surface area contributed by atoms with Gasteiger partial charge in [-0.15, -0.1) is 0 Å². The monoisotopic (exact) mass is 418 g/mol. The van der Waals surface area contributed by atoms with Crippen molar-refractivity contribution < 1.29 is 14.6 Å². The number of nitrogens with zero attached hydrogens (tertiary/aromatic N) is 3. The average Bonchev–Trinajstić information content (AvgIpc) is 2.84. The van der Waals surface area contributed by atoms with E-state index in [2.05, 4.69) is 39.5 Å². The maximum atomic E-state index is 12.0. The fraction of sp³-hybridized carbons (Fsp3) is 0.292. The number of hydrogen-bond acceptors (Lipinski definition) is 6. The van der Waals surface area contributed by atoms with Gasteiger partial charge in [0.25, 0.3) is 5.91 Å². The van der Waals surface area contributed by atoms with Crippen LogP contribution in [0.1, 0.15) is 21.7 Å². The summed E-state index contributed by atoms with van der Waals surface area (Å²) < 4.78 is 5.42. The molecule has 0 unspecified atom stereocenters. The van der Waals surface area contributed by atoms with Crippen LogP contribution in [0.5, 0.6) is 0 Å². The van der Waals surface area contributed by atoms with Crippen LogP contribution in [0.15, 0.2) is 60.8 Å². The van der Waals surface area contributed by atoms with E-state index in [9.17, 15) is 4.79 Å². The third-order valence-corrected chi connectivity index (χ3v) is 5.22. The number of aliphatic hydroxyl groups is 1. The van der Waals surface area contributed by atoms with Gasteiger partial charge < -0.3 is 20.1 Å². The standard InChI is InChI=1S/C24H26N4O3/c29-14-11-26-24(30)20-5-3-19(4-6-20)22-9-10-25-23(27-22)17-18-1-7-21(8-2-18)28-12-15-31-16-13-28/h1-10,29H,11-17H2,(H,26,30). The average molecular weight is 418 g/mol. The third kappa shape index (κ3) is 5.45. The first-order valence-electron chi connectivity index (χ1n) is 10.5. The van der Waals surface area contributed by atoms with Gasteiger partial charge in [0.05, 0.1) is 25.5 Å². The first kappa shape index (κ1) is 21.0. The Labute approximate surface area is 181 Å². The van der Waals surface area contributed by atoms with Crippen LogP contribution in [0.4, 0.5) is 5.69 Å². The molecule has 3 aromatic rings. The smallest absolute Gasteiger partial charge is 0.251 e. The number of morpholine rings is 1. The molecular weight excluding hydrogens is 392 g/mol. The number of carbonyl (C=O) groups is 1. The molecule has 1 amide bonds. The lowest BCUT2D eigenvalue weighted by Gasteiger charge is -2.28. The highest BCUT2D eigenvalue weighted by molar-refractivity contribution is 5.94. The molecule has 1 fully saturated rings. The van der Waals surface area contributed by atoms with Gasteiger partial charge in [-0.3, -0.25) is 4.79 Å². The van der Waals surface area contributed by atoms with Crippen LogP contribution in [-0.4, -0.2) is 60.4 Å². The molecule has 0 bridgehead atoms. The molecule has 7 heteroatoms. The molecule has 160 valence electrons. The van der Waals surface area contributed by atoms with Gasteiger partial charge in [0.2, 0.25) is 0 Å². The summed E-state index contributed by atoms with van der Waals surface area (Å²) >= 11 is 0. The number of aliphatic hydroxyl groups excluding tert-OH is 1. The minimum Gasteiger partial charge on any atom is -0.395 e. The van der Waals surface area contributed by atoms with Crippen LogP contribution < -0.4 is 10.2 Å². The molecule has 1 aliphatic rings. The number of carbonyl (C=O) groups excluding carboxylic acids is 1. The van der Waals surface area contributed by atoms with Crippen LogP contribution in [0.25, 0.3) is 11.3 Å². The quantitative estimate of drug-likeness (QED) is 0.612. The van der Waals surface area contributed by atoms with E-state index in [1.54, 1.807) is 18.3 Å². The summed E-state index contributed by atoms with van der Waals surface area (Å²) in [5, 5.41) is 11.5. The maximum Gasteiger partial charge on any atom is 0.251 e. The largest absolute Gasteiger partial charge is 0.395 e. The number of rotatable bonds is 7. The van der Waals surface area contributed by atoms with E-state index in [1.165, 1.54) is 5.69 Å². The van der Waals surface area contributed by atoms with E-state index >= 15 is 0 Å². The second-order valence-electron chi connectivity index (χ2n) is 7.36. The Morgan fingerprint density at radius 2 is 1.77 bits per heavy atom. The van der Waals surface area contributed by atoms with E-state index < -0.39 is 0 Å². The number of hydrogen-bond donors (Lipinski definition) is 2. The molecule has 0 spiro atoms. The molecule has 1 aliphatic heterocycles. The lowest BCUT2D eigenvalue weighted by atomic mass is 10.1. The number of anilines is 1. The fourth-order valence-corrected chi connectivity index (χ4v) is 3.54. The predicted molar refractivity (Wildman–Crippen MR) is 119 cm³/mol. The number of aromatic nitrogens is 2. The number of amides is 1. The first-order valence-corrected chi connectivity index (χ1v) is 10.5. The Balaban J connectivity index is 1.43. The van der Waals surface area contributed by atoms with Crippen molar-refractivity contribution in [3.63, 3.8) is 0 Å². The molecule has 0 saturated carbocycles. The molecule has 1 saturated heterocycles. The van der Waals surface area contributed by atoms with Crippen LogP contribution in [0.3, 0.4) is 0 Å². The molecule has 0 aliphatic carbocycles. The molecule has 2 heterocycles. The van der Waals surface area contributed by atoms with Gasteiger partial charge >= 0.3 is 0 Å². The van der Waals surface area contributed by atoms with Crippen LogP contribution in [0.2, 0.25) is 0 Å². The highest BCUT2D eigenvalue weighted by atomic mass is 16.5. The van der Waals surface area contributed by atoms with E-state index in [0.29, 0.717) is 12.0 Å². The van der Waals surface area contributed by atoms with Crippen LogP contribution >= 0.6 is 0 Å². The van der Waals surface area contributed by atoms with E-state index in [0.717, 1.165) is 48.9 Å².